The van der Waals surface area contributed by atoms with Gasteiger partial charge >= 0.3 is 5.97 Å². The molecule has 2 bridgehead atoms. The smallest absolute Gasteiger partial charge is 0.316 e. The number of benzene rings is 2. The van der Waals surface area contributed by atoms with Gasteiger partial charge in [-0.05, 0) is 61.4 Å². The highest BCUT2D eigenvalue weighted by Crippen LogP contribution is 2.56. The van der Waals surface area contributed by atoms with Gasteiger partial charge in [-0.1, -0.05) is 0 Å². The SMILES string of the molecule is COc1cc([N+](=O)[O-])ccc1N1C[C@@H](C(=O)Oc2ccc(N3C(=O)[C@@H]4[C@H]5CC[C@@H](C5)[C@@H]4C3=O)cc2)CC1=O. The number of anilines is 2. The van der Waals surface area contributed by atoms with E-state index in [1.54, 1.807) is 12.1 Å². The maximum atomic E-state index is 13.0. The molecule has 4 fully saturated rings. The second-order valence-corrected chi connectivity index (χ2v) is 10.3. The fraction of sp³-hybridized carbons (Fsp3) is 0.407. The van der Waals surface area contributed by atoms with Crippen LogP contribution in [0.4, 0.5) is 17.1 Å². The lowest BCUT2D eigenvalue weighted by Crippen LogP contribution is -2.32. The Labute approximate surface area is 217 Å². The van der Waals surface area contributed by atoms with Crippen LogP contribution in [-0.4, -0.2) is 42.3 Å². The van der Waals surface area contributed by atoms with Crippen LogP contribution in [0.1, 0.15) is 25.7 Å². The van der Waals surface area contributed by atoms with Crippen molar-refractivity contribution in [1.29, 1.82) is 0 Å². The molecule has 11 nitrogen and oxygen atoms in total. The van der Waals surface area contributed by atoms with Gasteiger partial charge in [0.05, 0.1) is 47.2 Å². The molecule has 2 heterocycles. The molecule has 196 valence electrons. The Morgan fingerprint density at radius 3 is 2.26 bits per heavy atom. The van der Waals surface area contributed by atoms with Crippen molar-refractivity contribution in [2.75, 3.05) is 23.5 Å². The number of esters is 1. The summed E-state index contributed by atoms with van der Waals surface area (Å²) in [7, 11) is 1.35. The van der Waals surface area contributed by atoms with E-state index in [0.717, 1.165) is 19.3 Å². The van der Waals surface area contributed by atoms with Crippen LogP contribution in [-0.2, 0) is 19.2 Å². The number of nitrogens with zero attached hydrogens (tertiary/aromatic N) is 3. The van der Waals surface area contributed by atoms with Gasteiger partial charge in [-0.25, -0.2) is 0 Å². The number of hydrogen-bond acceptors (Lipinski definition) is 8. The zero-order valence-electron chi connectivity index (χ0n) is 20.6. The molecule has 2 aromatic carbocycles. The quantitative estimate of drug-likeness (QED) is 0.187. The van der Waals surface area contributed by atoms with Crippen LogP contribution in [0.15, 0.2) is 42.5 Å². The Kier molecular flexibility index (Phi) is 5.66. The van der Waals surface area contributed by atoms with Gasteiger partial charge in [0.25, 0.3) is 5.69 Å². The van der Waals surface area contributed by atoms with Crippen molar-refractivity contribution in [3.05, 3.63) is 52.6 Å². The number of hydrogen-bond donors (Lipinski definition) is 0. The standard InChI is InChI=1S/C27H25N3O8/c1-37-21-12-18(30(35)36)6-9-20(21)28-13-16(11-22(28)31)27(34)38-19-7-4-17(5-8-19)29-25(32)23-14-2-3-15(10-14)24(23)26(29)33/h4-9,12,14-16,23-24H,2-3,10-11,13H2,1H3/t14-,15-,16-,23-,24+/m0/s1. The van der Waals surface area contributed by atoms with E-state index in [1.807, 2.05) is 0 Å². The molecule has 38 heavy (non-hydrogen) atoms. The molecule has 2 aliphatic heterocycles. The molecule has 4 aliphatic rings. The number of rotatable bonds is 6. The average Bonchev–Trinajstić information content (AvgIpc) is 3.68. The summed E-state index contributed by atoms with van der Waals surface area (Å²) in [4.78, 5) is 64.7. The number of ether oxygens (including phenoxy) is 2. The Bertz CT molecular complexity index is 1340. The molecule has 0 N–H and O–H groups in total. The number of fused-ring (bicyclic) bond motifs is 5. The van der Waals surface area contributed by atoms with E-state index in [2.05, 4.69) is 0 Å². The van der Waals surface area contributed by atoms with Gasteiger partial charge in [0.2, 0.25) is 17.7 Å². The van der Waals surface area contributed by atoms with Crippen molar-refractivity contribution in [1.82, 2.24) is 0 Å². The summed E-state index contributed by atoms with van der Waals surface area (Å²) in [5.74, 6) is -1.40. The zero-order chi connectivity index (χ0) is 26.7. The maximum absolute atomic E-state index is 13.0. The van der Waals surface area contributed by atoms with Crippen molar-refractivity contribution in [2.24, 2.45) is 29.6 Å². The van der Waals surface area contributed by atoms with Gasteiger partial charge in [-0.2, -0.15) is 0 Å². The van der Waals surface area contributed by atoms with E-state index in [1.165, 1.54) is 47.2 Å². The Morgan fingerprint density at radius 1 is 1.00 bits per heavy atom. The number of imide groups is 1. The molecule has 0 aromatic heterocycles. The molecule has 0 unspecified atom stereocenters. The number of methoxy groups -OCH3 is 1. The van der Waals surface area contributed by atoms with Crippen molar-refractivity contribution in [3.8, 4) is 11.5 Å². The van der Waals surface area contributed by atoms with E-state index in [4.69, 9.17) is 9.47 Å². The third-order valence-electron chi connectivity index (χ3n) is 8.36. The fourth-order valence-corrected chi connectivity index (χ4v) is 6.63. The number of non-ortho nitro benzene ring substituents is 1. The van der Waals surface area contributed by atoms with E-state index in [9.17, 15) is 29.3 Å². The first-order valence-corrected chi connectivity index (χ1v) is 12.6. The van der Waals surface area contributed by atoms with Crippen molar-refractivity contribution in [3.63, 3.8) is 0 Å². The molecule has 2 saturated carbocycles. The molecule has 0 radical (unpaired) electrons. The van der Waals surface area contributed by atoms with Crippen LogP contribution in [0.3, 0.4) is 0 Å². The van der Waals surface area contributed by atoms with E-state index < -0.39 is 16.8 Å². The Hall–Kier alpha value is -4.28. The van der Waals surface area contributed by atoms with Crippen molar-refractivity contribution < 1.29 is 33.6 Å². The zero-order valence-corrected chi connectivity index (χ0v) is 20.6. The largest absolute Gasteiger partial charge is 0.494 e. The topological polar surface area (TPSA) is 136 Å². The molecule has 3 amide bonds. The summed E-state index contributed by atoms with van der Waals surface area (Å²) in [5, 5.41) is 11.1. The van der Waals surface area contributed by atoms with Gasteiger partial charge < -0.3 is 14.4 Å². The van der Waals surface area contributed by atoms with E-state index in [-0.39, 0.29) is 59.7 Å². The van der Waals surface area contributed by atoms with Gasteiger partial charge in [-0.15, -0.1) is 0 Å². The molecule has 11 heteroatoms. The van der Waals surface area contributed by atoms with Gasteiger partial charge in [-0.3, -0.25) is 34.2 Å². The van der Waals surface area contributed by atoms with Crippen LogP contribution in [0, 0.1) is 39.7 Å². The number of carbonyl (C=O) groups is 4. The van der Waals surface area contributed by atoms with Crippen molar-refractivity contribution in [2.45, 2.75) is 25.7 Å². The van der Waals surface area contributed by atoms with Crippen molar-refractivity contribution >= 4 is 40.8 Å². The first-order valence-electron chi connectivity index (χ1n) is 12.6. The Morgan fingerprint density at radius 2 is 1.66 bits per heavy atom. The van der Waals surface area contributed by atoms with Crippen LogP contribution in [0.25, 0.3) is 0 Å². The van der Waals surface area contributed by atoms with Gasteiger partial charge in [0, 0.05) is 19.0 Å². The fourth-order valence-electron chi connectivity index (χ4n) is 6.63. The van der Waals surface area contributed by atoms with Crippen LogP contribution in [0.2, 0.25) is 0 Å². The molecule has 2 saturated heterocycles. The third kappa shape index (κ3) is 3.72. The normalized spacial score (nSPS) is 27.7. The number of amides is 3. The monoisotopic (exact) mass is 519 g/mol. The maximum Gasteiger partial charge on any atom is 0.316 e. The summed E-state index contributed by atoms with van der Waals surface area (Å²) in [6, 6.07) is 10.2. The molecule has 5 atom stereocenters. The summed E-state index contributed by atoms with van der Waals surface area (Å²) in [6.45, 7) is 0.0335. The van der Waals surface area contributed by atoms with Crippen LogP contribution >= 0.6 is 0 Å². The lowest BCUT2D eigenvalue weighted by molar-refractivity contribution is -0.384. The lowest BCUT2D eigenvalue weighted by Gasteiger charge is -2.19. The minimum atomic E-state index is -0.751. The second-order valence-electron chi connectivity index (χ2n) is 10.3. The predicted octanol–water partition coefficient (Wildman–Crippen LogP) is 3.10. The number of nitro benzene ring substituents is 1. The highest BCUT2D eigenvalue weighted by atomic mass is 16.6. The van der Waals surface area contributed by atoms with Crippen LogP contribution < -0.4 is 19.3 Å². The minimum absolute atomic E-state index is 0.0335. The minimum Gasteiger partial charge on any atom is -0.494 e. The lowest BCUT2D eigenvalue weighted by atomic mass is 9.81. The summed E-state index contributed by atoms with van der Waals surface area (Å²) in [6.07, 6.45) is 2.89. The summed E-state index contributed by atoms with van der Waals surface area (Å²) in [5.41, 5.74) is 0.617. The highest BCUT2D eigenvalue weighted by Gasteiger charge is 2.61. The summed E-state index contributed by atoms with van der Waals surface area (Å²) < 4.78 is 10.7. The molecule has 2 aromatic rings. The van der Waals surface area contributed by atoms with E-state index in [0.29, 0.717) is 23.2 Å². The summed E-state index contributed by atoms with van der Waals surface area (Å²) >= 11 is 0. The van der Waals surface area contributed by atoms with Gasteiger partial charge in [0.1, 0.15) is 11.5 Å². The highest BCUT2D eigenvalue weighted by molar-refractivity contribution is 6.22. The molecular formula is C27H25N3O8. The first kappa shape index (κ1) is 24.1. The van der Waals surface area contributed by atoms with E-state index >= 15 is 0 Å². The second kappa shape index (κ2) is 8.93. The molecule has 0 spiro atoms. The molecule has 2 aliphatic carbocycles. The van der Waals surface area contributed by atoms with Gasteiger partial charge in [0.15, 0.2) is 0 Å². The Balaban J connectivity index is 1.12. The first-order chi connectivity index (χ1) is 18.3. The molecular weight excluding hydrogens is 494 g/mol. The number of nitro groups is 1. The third-order valence-corrected chi connectivity index (χ3v) is 8.36. The molecule has 6 rings (SSSR count). The van der Waals surface area contributed by atoms with Crippen LogP contribution in [0.5, 0.6) is 11.5 Å². The predicted molar refractivity (Wildman–Crippen MR) is 132 cm³/mol. The average molecular weight is 520 g/mol. The number of carbonyl (C=O) groups excluding carboxylic acids is 4.